The van der Waals surface area contributed by atoms with Crippen molar-refractivity contribution in [1.82, 2.24) is 5.32 Å². The normalized spacial score (nSPS) is 14.9. The number of aliphatic hydroxyl groups excluding tert-OH is 1. The molecule has 0 heterocycles. The van der Waals surface area contributed by atoms with Crippen LogP contribution < -0.4 is 5.32 Å². The third-order valence-corrected chi connectivity index (χ3v) is 2.43. The first-order chi connectivity index (χ1) is 7.87. The summed E-state index contributed by atoms with van der Waals surface area (Å²) in [7, 11) is 1.51. The molecule has 0 fully saturated rings. The maximum Gasteiger partial charge on any atom is 0.331 e. The van der Waals surface area contributed by atoms with Crippen molar-refractivity contribution in [2.24, 2.45) is 0 Å². The van der Waals surface area contributed by atoms with E-state index in [1.807, 2.05) is 0 Å². The number of aliphatic hydroxyl groups is 1. The van der Waals surface area contributed by atoms with Crippen LogP contribution in [0.2, 0.25) is 0 Å². The molecule has 100 valence electrons. The Bertz CT molecular complexity index is 254. The highest BCUT2D eigenvalue weighted by molar-refractivity contribution is 5.78. The first kappa shape index (κ1) is 15.9. The van der Waals surface area contributed by atoms with Gasteiger partial charge in [0.25, 0.3) is 0 Å². The Morgan fingerprint density at radius 2 is 2.12 bits per heavy atom. The molecule has 0 bridgehead atoms. The largest absolute Gasteiger partial charge is 0.464 e. The van der Waals surface area contributed by atoms with Gasteiger partial charge in [-0.25, -0.2) is 4.79 Å². The standard InChI is InChI=1S/C11H21NO5/c1-5-17-10(15)9(12-7-13)8(14)6-11(2,3)16-4/h7-9,14H,5-6H2,1-4H3,(H,12,13). The van der Waals surface area contributed by atoms with Crippen molar-refractivity contribution >= 4 is 12.4 Å². The number of amides is 1. The number of methoxy groups -OCH3 is 1. The third kappa shape index (κ3) is 5.65. The molecule has 6 nitrogen and oxygen atoms in total. The van der Waals surface area contributed by atoms with E-state index in [2.05, 4.69) is 5.32 Å². The van der Waals surface area contributed by atoms with Crippen LogP contribution in [0.4, 0.5) is 0 Å². The minimum absolute atomic E-state index is 0.191. The van der Waals surface area contributed by atoms with E-state index in [0.29, 0.717) is 6.41 Å². The van der Waals surface area contributed by atoms with Gasteiger partial charge < -0.3 is 19.9 Å². The number of hydrogen-bond acceptors (Lipinski definition) is 5. The fraction of sp³-hybridized carbons (Fsp3) is 0.818. The van der Waals surface area contributed by atoms with Gasteiger partial charge >= 0.3 is 5.97 Å². The second kappa shape index (κ2) is 7.24. The molecule has 17 heavy (non-hydrogen) atoms. The Hall–Kier alpha value is -1.14. The molecule has 0 aliphatic heterocycles. The Morgan fingerprint density at radius 1 is 1.53 bits per heavy atom. The Morgan fingerprint density at radius 3 is 2.53 bits per heavy atom. The smallest absolute Gasteiger partial charge is 0.331 e. The Labute approximate surface area is 101 Å². The first-order valence-corrected chi connectivity index (χ1v) is 5.47. The number of nitrogens with one attached hydrogen (secondary N) is 1. The molecular weight excluding hydrogens is 226 g/mol. The fourth-order valence-electron chi connectivity index (χ4n) is 1.35. The zero-order valence-corrected chi connectivity index (χ0v) is 10.7. The number of hydrogen-bond donors (Lipinski definition) is 2. The maximum atomic E-state index is 11.5. The molecule has 0 radical (unpaired) electrons. The summed E-state index contributed by atoms with van der Waals surface area (Å²) >= 11 is 0. The summed E-state index contributed by atoms with van der Waals surface area (Å²) in [5.41, 5.74) is -0.589. The second-order valence-corrected chi connectivity index (χ2v) is 4.25. The zero-order chi connectivity index (χ0) is 13.5. The van der Waals surface area contributed by atoms with Crippen molar-refractivity contribution in [3.05, 3.63) is 0 Å². The van der Waals surface area contributed by atoms with Crippen LogP contribution in [0, 0.1) is 0 Å². The van der Waals surface area contributed by atoms with Crippen LogP contribution in [0.5, 0.6) is 0 Å². The molecule has 6 heteroatoms. The highest BCUT2D eigenvalue weighted by Crippen LogP contribution is 2.17. The van der Waals surface area contributed by atoms with E-state index < -0.39 is 23.7 Å². The van der Waals surface area contributed by atoms with Gasteiger partial charge in [0.2, 0.25) is 6.41 Å². The van der Waals surface area contributed by atoms with Crippen LogP contribution in [0.3, 0.4) is 0 Å². The molecule has 0 spiro atoms. The molecule has 0 saturated heterocycles. The van der Waals surface area contributed by atoms with E-state index in [1.165, 1.54) is 7.11 Å². The Kier molecular flexibility index (Phi) is 6.75. The molecule has 0 aromatic carbocycles. The molecule has 0 aromatic heterocycles. The molecule has 0 rings (SSSR count). The van der Waals surface area contributed by atoms with Crippen molar-refractivity contribution in [2.45, 2.75) is 44.9 Å². The number of carbonyl (C=O) groups excluding carboxylic acids is 2. The average molecular weight is 247 g/mol. The predicted octanol–water partition coefficient (Wildman–Crippen LogP) is -0.160. The van der Waals surface area contributed by atoms with E-state index >= 15 is 0 Å². The van der Waals surface area contributed by atoms with E-state index in [-0.39, 0.29) is 13.0 Å². The van der Waals surface area contributed by atoms with E-state index in [1.54, 1.807) is 20.8 Å². The summed E-state index contributed by atoms with van der Waals surface area (Å²) in [5, 5.41) is 12.2. The number of carbonyl (C=O) groups is 2. The van der Waals surface area contributed by atoms with Gasteiger partial charge in [0.05, 0.1) is 18.3 Å². The lowest BCUT2D eigenvalue weighted by molar-refractivity contribution is -0.151. The lowest BCUT2D eigenvalue weighted by Crippen LogP contribution is -2.49. The molecule has 2 unspecified atom stereocenters. The lowest BCUT2D eigenvalue weighted by atomic mass is 9.96. The highest BCUT2D eigenvalue weighted by Gasteiger charge is 2.32. The van der Waals surface area contributed by atoms with E-state index in [0.717, 1.165) is 0 Å². The quantitative estimate of drug-likeness (QED) is 0.460. The predicted molar refractivity (Wildman–Crippen MR) is 61.3 cm³/mol. The zero-order valence-electron chi connectivity index (χ0n) is 10.7. The van der Waals surface area contributed by atoms with Gasteiger partial charge in [-0.3, -0.25) is 4.79 Å². The average Bonchev–Trinajstić information content (AvgIpc) is 2.25. The van der Waals surface area contributed by atoms with Gasteiger partial charge in [-0.15, -0.1) is 0 Å². The van der Waals surface area contributed by atoms with Gasteiger partial charge in [-0.1, -0.05) is 0 Å². The van der Waals surface area contributed by atoms with Gasteiger partial charge in [0, 0.05) is 13.5 Å². The minimum atomic E-state index is -1.07. The number of rotatable bonds is 8. The summed E-state index contributed by atoms with van der Waals surface area (Å²) in [6.07, 6.45) is -0.493. The monoisotopic (exact) mass is 247 g/mol. The van der Waals surface area contributed by atoms with Crippen LogP contribution in [0.25, 0.3) is 0 Å². The second-order valence-electron chi connectivity index (χ2n) is 4.25. The molecule has 0 aliphatic carbocycles. The van der Waals surface area contributed by atoms with Crippen molar-refractivity contribution in [2.75, 3.05) is 13.7 Å². The molecule has 0 aliphatic rings. The summed E-state index contributed by atoms with van der Waals surface area (Å²) in [5.74, 6) is -0.654. The van der Waals surface area contributed by atoms with Crippen molar-refractivity contribution in [3.63, 3.8) is 0 Å². The molecule has 0 saturated carbocycles. The van der Waals surface area contributed by atoms with Crippen LogP contribution in [0.1, 0.15) is 27.2 Å². The highest BCUT2D eigenvalue weighted by atomic mass is 16.5. The van der Waals surface area contributed by atoms with Crippen molar-refractivity contribution < 1.29 is 24.2 Å². The molecule has 2 atom stereocenters. The molecule has 0 aromatic rings. The SMILES string of the molecule is CCOC(=O)C(NC=O)C(O)CC(C)(C)OC. The first-order valence-electron chi connectivity index (χ1n) is 5.47. The molecular formula is C11H21NO5. The van der Waals surface area contributed by atoms with E-state index in [9.17, 15) is 14.7 Å². The fourth-order valence-corrected chi connectivity index (χ4v) is 1.35. The van der Waals surface area contributed by atoms with Crippen LogP contribution in [0.15, 0.2) is 0 Å². The van der Waals surface area contributed by atoms with Gasteiger partial charge in [0.1, 0.15) is 0 Å². The summed E-state index contributed by atoms with van der Waals surface area (Å²) in [6.45, 7) is 5.40. The van der Waals surface area contributed by atoms with Crippen LogP contribution >= 0.6 is 0 Å². The topological polar surface area (TPSA) is 84.9 Å². The van der Waals surface area contributed by atoms with Gasteiger partial charge in [0.15, 0.2) is 6.04 Å². The lowest BCUT2D eigenvalue weighted by Gasteiger charge is -2.29. The molecule has 2 N–H and O–H groups in total. The summed E-state index contributed by atoms with van der Waals surface area (Å²) < 4.78 is 9.91. The van der Waals surface area contributed by atoms with Crippen molar-refractivity contribution in [1.29, 1.82) is 0 Å². The van der Waals surface area contributed by atoms with Gasteiger partial charge in [-0.05, 0) is 20.8 Å². The van der Waals surface area contributed by atoms with E-state index in [4.69, 9.17) is 9.47 Å². The number of ether oxygens (including phenoxy) is 2. The van der Waals surface area contributed by atoms with Gasteiger partial charge in [-0.2, -0.15) is 0 Å². The maximum absolute atomic E-state index is 11.5. The number of esters is 1. The third-order valence-electron chi connectivity index (χ3n) is 2.43. The summed E-state index contributed by atoms with van der Waals surface area (Å²) in [6, 6.07) is -1.07. The minimum Gasteiger partial charge on any atom is -0.464 e. The summed E-state index contributed by atoms with van der Waals surface area (Å²) in [4.78, 5) is 21.9. The Balaban J connectivity index is 4.58. The molecule has 1 amide bonds. The van der Waals surface area contributed by atoms with Crippen LogP contribution in [-0.2, 0) is 19.1 Å². The van der Waals surface area contributed by atoms with Crippen molar-refractivity contribution in [3.8, 4) is 0 Å². The van der Waals surface area contributed by atoms with Crippen LogP contribution in [-0.4, -0.2) is 48.9 Å².